The van der Waals surface area contributed by atoms with Gasteiger partial charge in [0.05, 0.1) is 30.8 Å². The van der Waals surface area contributed by atoms with Crippen molar-refractivity contribution in [1.82, 2.24) is 9.80 Å². The molecule has 0 aliphatic carbocycles. The Labute approximate surface area is 189 Å². The largest absolute Gasteiger partial charge is 0.457 e. The second-order valence-electron chi connectivity index (χ2n) is 9.74. The number of amides is 1. The van der Waals surface area contributed by atoms with Gasteiger partial charge in [0.1, 0.15) is 6.61 Å². The number of aliphatic hydroxyl groups excluding tert-OH is 1. The molecular formula is C25H32N2O5. The average Bonchev–Trinajstić information content (AvgIpc) is 3.48. The number of likely N-dealkylation sites (tertiary alicyclic amines) is 2. The van der Waals surface area contributed by atoms with Crippen molar-refractivity contribution in [2.45, 2.75) is 52.2 Å². The monoisotopic (exact) mass is 440 g/mol. The molecule has 32 heavy (non-hydrogen) atoms. The summed E-state index contributed by atoms with van der Waals surface area (Å²) in [6, 6.07) is 3.84. The van der Waals surface area contributed by atoms with Crippen LogP contribution in [0.15, 0.2) is 23.4 Å². The van der Waals surface area contributed by atoms with E-state index in [-0.39, 0.29) is 29.9 Å². The molecule has 1 spiro atoms. The van der Waals surface area contributed by atoms with Crippen LogP contribution in [0.4, 0.5) is 0 Å². The molecule has 5 rings (SSSR count). The van der Waals surface area contributed by atoms with E-state index in [1.807, 2.05) is 24.0 Å². The number of hydrogen-bond donors (Lipinski definition) is 1. The van der Waals surface area contributed by atoms with Crippen molar-refractivity contribution in [2.75, 3.05) is 39.5 Å². The van der Waals surface area contributed by atoms with Gasteiger partial charge in [-0.15, -0.1) is 0 Å². The Hall–Kier alpha value is -2.22. The number of rotatable bonds is 5. The number of esters is 1. The molecule has 4 aliphatic heterocycles. The van der Waals surface area contributed by atoms with Crippen LogP contribution in [0.1, 0.15) is 53.2 Å². The molecule has 1 atom stereocenters. The highest BCUT2D eigenvalue weighted by molar-refractivity contribution is 5.94. The molecule has 2 fully saturated rings. The fourth-order valence-corrected chi connectivity index (χ4v) is 5.86. The zero-order valence-electron chi connectivity index (χ0n) is 19.0. The van der Waals surface area contributed by atoms with E-state index in [0.717, 1.165) is 67.7 Å². The molecule has 0 bridgehead atoms. The van der Waals surface area contributed by atoms with Crippen LogP contribution < -0.4 is 0 Å². The predicted octanol–water partition coefficient (Wildman–Crippen LogP) is 2.19. The average molecular weight is 441 g/mol. The molecule has 0 saturated carbocycles. The van der Waals surface area contributed by atoms with Gasteiger partial charge in [-0.25, -0.2) is 4.79 Å². The normalized spacial score (nSPS) is 23.9. The molecule has 1 aromatic rings. The standard InChI is InChI=1S/C25H32N2O5/c1-16-13-31-15-22(16)27-10-7-25(24(27)30)5-8-26(9-6-25)19(12-28)11-18-3-4-20-21(17(18)2)14-32-23(20)29/h3-4,19,28H,5-15H2,1-2H3. The van der Waals surface area contributed by atoms with Gasteiger partial charge in [-0.1, -0.05) is 6.07 Å². The van der Waals surface area contributed by atoms with Gasteiger partial charge in [0, 0.05) is 23.8 Å². The summed E-state index contributed by atoms with van der Waals surface area (Å²) in [5, 5.41) is 10.2. The van der Waals surface area contributed by atoms with E-state index >= 15 is 0 Å². The lowest BCUT2D eigenvalue weighted by Crippen LogP contribution is -2.49. The first kappa shape index (κ1) is 21.6. The summed E-state index contributed by atoms with van der Waals surface area (Å²) in [5.41, 5.74) is 5.83. The highest BCUT2D eigenvalue weighted by Crippen LogP contribution is 2.44. The fraction of sp³-hybridized carbons (Fsp3) is 0.600. The summed E-state index contributed by atoms with van der Waals surface area (Å²) >= 11 is 0. The maximum absolute atomic E-state index is 13.4. The van der Waals surface area contributed by atoms with E-state index in [1.165, 1.54) is 5.57 Å². The third kappa shape index (κ3) is 3.47. The van der Waals surface area contributed by atoms with Gasteiger partial charge in [0.2, 0.25) is 5.91 Å². The molecule has 4 heterocycles. The first-order valence-corrected chi connectivity index (χ1v) is 11.7. The number of nitrogens with zero attached hydrogens (tertiary/aromatic N) is 2. The lowest BCUT2D eigenvalue weighted by atomic mass is 9.76. The van der Waals surface area contributed by atoms with Crippen LogP contribution in [0.25, 0.3) is 0 Å². The fourth-order valence-electron chi connectivity index (χ4n) is 5.86. The molecule has 1 aromatic carbocycles. The Bertz CT molecular complexity index is 977. The third-order valence-electron chi connectivity index (χ3n) is 8.10. The molecule has 4 aliphatic rings. The lowest BCUT2D eigenvalue weighted by molar-refractivity contribution is -0.137. The van der Waals surface area contributed by atoms with Crippen LogP contribution in [0, 0.1) is 12.3 Å². The van der Waals surface area contributed by atoms with Crippen LogP contribution in [0.2, 0.25) is 0 Å². The Kier molecular flexibility index (Phi) is 5.60. The Morgan fingerprint density at radius 1 is 1.06 bits per heavy atom. The van der Waals surface area contributed by atoms with Gasteiger partial charge < -0.3 is 19.5 Å². The quantitative estimate of drug-likeness (QED) is 0.707. The number of cyclic esters (lactones) is 1. The summed E-state index contributed by atoms with van der Waals surface area (Å²) in [6.07, 6.45) is 3.29. The van der Waals surface area contributed by atoms with E-state index in [2.05, 4.69) is 11.8 Å². The Morgan fingerprint density at radius 3 is 2.50 bits per heavy atom. The van der Waals surface area contributed by atoms with Crippen LogP contribution >= 0.6 is 0 Å². The van der Waals surface area contributed by atoms with E-state index in [9.17, 15) is 14.7 Å². The number of fused-ring (bicyclic) bond motifs is 1. The molecule has 7 nitrogen and oxygen atoms in total. The van der Waals surface area contributed by atoms with Gasteiger partial charge in [-0.05, 0) is 75.4 Å². The number of hydrogen-bond acceptors (Lipinski definition) is 6. The molecule has 0 radical (unpaired) electrons. The van der Waals surface area contributed by atoms with Crippen molar-refractivity contribution in [2.24, 2.45) is 5.41 Å². The number of benzene rings is 1. The van der Waals surface area contributed by atoms with Gasteiger partial charge in [0.15, 0.2) is 0 Å². The Morgan fingerprint density at radius 2 is 1.81 bits per heavy atom. The third-order valence-corrected chi connectivity index (χ3v) is 8.10. The van der Waals surface area contributed by atoms with E-state index in [0.29, 0.717) is 25.4 Å². The second-order valence-corrected chi connectivity index (χ2v) is 9.74. The molecule has 172 valence electrons. The molecule has 1 unspecified atom stereocenters. The summed E-state index contributed by atoms with van der Waals surface area (Å²) in [6.45, 7) is 8.07. The molecular weight excluding hydrogens is 408 g/mol. The maximum Gasteiger partial charge on any atom is 0.338 e. The van der Waals surface area contributed by atoms with E-state index in [1.54, 1.807) is 0 Å². The van der Waals surface area contributed by atoms with E-state index < -0.39 is 0 Å². The maximum atomic E-state index is 13.4. The number of carbonyl (C=O) groups is 2. The van der Waals surface area contributed by atoms with Crippen molar-refractivity contribution in [1.29, 1.82) is 0 Å². The Balaban J connectivity index is 1.25. The SMILES string of the molecule is CC1=C(N2CCC3(CCN(C(CO)Cc4ccc5c(c4C)COC5=O)CC3)C2=O)COC1. The van der Waals surface area contributed by atoms with Crippen LogP contribution in [-0.4, -0.2) is 72.3 Å². The zero-order valence-corrected chi connectivity index (χ0v) is 19.0. The second kappa shape index (κ2) is 8.28. The molecule has 1 amide bonds. The molecule has 7 heteroatoms. The highest BCUT2D eigenvalue weighted by atomic mass is 16.5. The molecule has 2 saturated heterocycles. The molecule has 1 N–H and O–H groups in total. The van der Waals surface area contributed by atoms with Gasteiger partial charge in [-0.3, -0.25) is 9.69 Å². The minimum Gasteiger partial charge on any atom is -0.457 e. The van der Waals surface area contributed by atoms with Crippen LogP contribution in [0.3, 0.4) is 0 Å². The highest BCUT2D eigenvalue weighted by Gasteiger charge is 2.50. The van der Waals surface area contributed by atoms with Gasteiger partial charge >= 0.3 is 5.97 Å². The predicted molar refractivity (Wildman–Crippen MR) is 118 cm³/mol. The number of aliphatic hydroxyl groups is 1. The van der Waals surface area contributed by atoms with Crippen LogP contribution in [0.5, 0.6) is 0 Å². The van der Waals surface area contributed by atoms with E-state index in [4.69, 9.17) is 9.47 Å². The number of ether oxygens (including phenoxy) is 2. The summed E-state index contributed by atoms with van der Waals surface area (Å²) < 4.78 is 10.7. The molecule has 0 aromatic heterocycles. The first-order valence-electron chi connectivity index (χ1n) is 11.7. The van der Waals surface area contributed by atoms with Gasteiger partial charge in [0.25, 0.3) is 0 Å². The lowest BCUT2D eigenvalue weighted by Gasteiger charge is -2.41. The topological polar surface area (TPSA) is 79.3 Å². The smallest absolute Gasteiger partial charge is 0.338 e. The van der Waals surface area contributed by atoms with Crippen molar-refractivity contribution in [3.8, 4) is 0 Å². The van der Waals surface area contributed by atoms with Crippen molar-refractivity contribution in [3.63, 3.8) is 0 Å². The summed E-state index contributed by atoms with van der Waals surface area (Å²) in [7, 11) is 0. The summed E-state index contributed by atoms with van der Waals surface area (Å²) in [5.74, 6) is 0.0109. The van der Waals surface area contributed by atoms with Crippen molar-refractivity contribution < 1.29 is 24.2 Å². The minimum atomic E-state index is -0.270. The summed E-state index contributed by atoms with van der Waals surface area (Å²) in [4.78, 5) is 29.5. The number of piperidine rings is 1. The minimum absolute atomic E-state index is 0.00270. The zero-order chi connectivity index (χ0) is 22.5. The van der Waals surface area contributed by atoms with Crippen molar-refractivity contribution in [3.05, 3.63) is 45.7 Å². The van der Waals surface area contributed by atoms with Gasteiger partial charge in [-0.2, -0.15) is 0 Å². The first-order chi connectivity index (χ1) is 15.4. The van der Waals surface area contributed by atoms with Crippen LogP contribution in [-0.2, 0) is 27.3 Å². The van der Waals surface area contributed by atoms with Crippen molar-refractivity contribution >= 4 is 11.9 Å². The number of carbonyl (C=O) groups excluding carboxylic acids is 2.